The lowest BCUT2D eigenvalue weighted by Gasteiger charge is -2.22. The van der Waals surface area contributed by atoms with Crippen molar-refractivity contribution in [1.29, 1.82) is 0 Å². The van der Waals surface area contributed by atoms with Crippen LogP contribution < -0.4 is 5.32 Å². The Labute approximate surface area is 117 Å². The molecule has 3 nitrogen and oxygen atoms in total. The molecular weight excluding hydrogens is 236 g/mol. The molecule has 0 saturated carbocycles. The molecule has 1 unspecified atom stereocenters. The van der Waals surface area contributed by atoms with Gasteiger partial charge < -0.3 is 10.2 Å². The van der Waals surface area contributed by atoms with Crippen molar-refractivity contribution < 1.29 is 4.79 Å². The predicted molar refractivity (Wildman–Crippen MR) is 80.2 cm³/mol. The van der Waals surface area contributed by atoms with Crippen molar-refractivity contribution in [3.05, 3.63) is 35.9 Å². The summed E-state index contributed by atoms with van der Waals surface area (Å²) in [6, 6.07) is 10.8. The SMILES string of the molecule is CCC(Cc1ccccc1)NCC(=O)N(CC)CC. The fraction of sp³-hybridized carbons (Fsp3) is 0.562. The average Bonchev–Trinajstić information content (AvgIpc) is 2.45. The van der Waals surface area contributed by atoms with E-state index in [1.165, 1.54) is 5.56 Å². The van der Waals surface area contributed by atoms with Gasteiger partial charge in [-0.25, -0.2) is 0 Å². The molecule has 0 aliphatic heterocycles. The quantitative estimate of drug-likeness (QED) is 0.780. The highest BCUT2D eigenvalue weighted by molar-refractivity contribution is 5.78. The second-order valence-corrected chi connectivity index (χ2v) is 4.74. The van der Waals surface area contributed by atoms with E-state index >= 15 is 0 Å². The molecule has 0 saturated heterocycles. The van der Waals surface area contributed by atoms with Crippen LogP contribution in [0.3, 0.4) is 0 Å². The summed E-state index contributed by atoms with van der Waals surface area (Å²) >= 11 is 0. The molecule has 1 amide bonds. The van der Waals surface area contributed by atoms with Gasteiger partial charge in [0.2, 0.25) is 5.91 Å². The number of benzene rings is 1. The van der Waals surface area contributed by atoms with E-state index in [-0.39, 0.29) is 5.91 Å². The molecule has 3 heteroatoms. The molecule has 1 aromatic rings. The summed E-state index contributed by atoms with van der Waals surface area (Å²) in [5, 5.41) is 3.38. The zero-order valence-corrected chi connectivity index (χ0v) is 12.4. The molecule has 106 valence electrons. The van der Waals surface area contributed by atoms with E-state index in [1.54, 1.807) is 0 Å². The number of carbonyl (C=O) groups is 1. The maximum absolute atomic E-state index is 11.9. The Kier molecular flexibility index (Phi) is 7.19. The molecule has 0 fully saturated rings. The van der Waals surface area contributed by atoms with Gasteiger partial charge in [-0.2, -0.15) is 0 Å². The van der Waals surface area contributed by atoms with E-state index in [2.05, 4.69) is 36.5 Å². The van der Waals surface area contributed by atoms with Crippen LogP contribution in [0.25, 0.3) is 0 Å². The van der Waals surface area contributed by atoms with Crippen molar-refractivity contribution in [2.45, 2.75) is 39.7 Å². The van der Waals surface area contributed by atoms with Gasteiger partial charge in [0.05, 0.1) is 6.54 Å². The molecule has 0 radical (unpaired) electrons. The lowest BCUT2D eigenvalue weighted by atomic mass is 10.0. The van der Waals surface area contributed by atoms with Gasteiger partial charge in [-0.3, -0.25) is 4.79 Å². The summed E-state index contributed by atoms with van der Waals surface area (Å²) in [6.45, 7) is 8.19. The molecule has 1 atom stereocenters. The van der Waals surface area contributed by atoms with E-state index in [1.807, 2.05) is 24.8 Å². The fourth-order valence-corrected chi connectivity index (χ4v) is 2.18. The van der Waals surface area contributed by atoms with Gasteiger partial charge in [0.15, 0.2) is 0 Å². The van der Waals surface area contributed by atoms with Gasteiger partial charge in [0, 0.05) is 19.1 Å². The van der Waals surface area contributed by atoms with Crippen LogP contribution in [-0.2, 0) is 11.2 Å². The maximum Gasteiger partial charge on any atom is 0.236 e. The number of nitrogens with one attached hydrogen (secondary N) is 1. The van der Waals surface area contributed by atoms with E-state index in [0.717, 1.165) is 25.9 Å². The Hall–Kier alpha value is -1.35. The van der Waals surface area contributed by atoms with E-state index in [0.29, 0.717) is 12.6 Å². The number of carbonyl (C=O) groups excluding carboxylic acids is 1. The zero-order valence-electron chi connectivity index (χ0n) is 12.4. The van der Waals surface area contributed by atoms with Gasteiger partial charge in [-0.05, 0) is 32.3 Å². The average molecular weight is 262 g/mol. The topological polar surface area (TPSA) is 32.3 Å². The Morgan fingerprint density at radius 1 is 1.16 bits per heavy atom. The minimum absolute atomic E-state index is 0.191. The molecule has 1 rings (SSSR count). The minimum atomic E-state index is 0.191. The zero-order chi connectivity index (χ0) is 14.1. The number of amides is 1. The molecular formula is C16H26N2O. The Bertz CT molecular complexity index is 360. The fourth-order valence-electron chi connectivity index (χ4n) is 2.18. The highest BCUT2D eigenvalue weighted by Crippen LogP contribution is 2.05. The van der Waals surface area contributed by atoms with Crippen molar-refractivity contribution in [3.63, 3.8) is 0 Å². The first-order chi connectivity index (χ1) is 9.21. The Balaban J connectivity index is 2.43. The number of likely N-dealkylation sites (N-methyl/N-ethyl adjacent to an activating group) is 1. The lowest BCUT2D eigenvalue weighted by Crippen LogP contribution is -2.42. The first kappa shape index (κ1) is 15.7. The normalized spacial score (nSPS) is 12.2. The summed E-state index contributed by atoms with van der Waals surface area (Å²) in [5.41, 5.74) is 1.32. The summed E-state index contributed by atoms with van der Waals surface area (Å²) in [5.74, 6) is 0.191. The van der Waals surface area contributed by atoms with Gasteiger partial charge in [-0.15, -0.1) is 0 Å². The molecule has 0 aromatic heterocycles. The van der Waals surface area contributed by atoms with Crippen LogP contribution in [0.1, 0.15) is 32.8 Å². The molecule has 19 heavy (non-hydrogen) atoms. The molecule has 0 aliphatic carbocycles. The van der Waals surface area contributed by atoms with Crippen LogP contribution in [0.4, 0.5) is 0 Å². The number of nitrogens with zero attached hydrogens (tertiary/aromatic N) is 1. The van der Waals surface area contributed by atoms with Crippen LogP contribution in [0, 0.1) is 0 Å². The van der Waals surface area contributed by atoms with Crippen LogP contribution in [-0.4, -0.2) is 36.5 Å². The lowest BCUT2D eigenvalue weighted by molar-refractivity contribution is -0.130. The minimum Gasteiger partial charge on any atom is -0.342 e. The maximum atomic E-state index is 11.9. The summed E-state index contributed by atoms with van der Waals surface area (Å²) < 4.78 is 0. The van der Waals surface area contributed by atoms with Gasteiger partial charge in [0.1, 0.15) is 0 Å². The van der Waals surface area contributed by atoms with E-state index in [9.17, 15) is 4.79 Å². The number of rotatable bonds is 8. The standard InChI is InChI=1S/C16H26N2O/c1-4-15(12-14-10-8-7-9-11-14)17-13-16(19)18(5-2)6-3/h7-11,15,17H,4-6,12-13H2,1-3H3. The molecule has 0 heterocycles. The Morgan fingerprint density at radius 2 is 1.79 bits per heavy atom. The largest absolute Gasteiger partial charge is 0.342 e. The first-order valence-electron chi connectivity index (χ1n) is 7.26. The van der Waals surface area contributed by atoms with Gasteiger partial charge in [-0.1, -0.05) is 37.3 Å². The van der Waals surface area contributed by atoms with Crippen molar-refractivity contribution in [2.24, 2.45) is 0 Å². The third-order valence-electron chi connectivity index (χ3n) is 3.48. The number of hydrogen-bond acceptors (Lipinski definition) is 2. The van der Waals surface area contributed by atoms with Crippen LogP contribution in [0.5, 0.6) is 0 Å². The second kappa shape index (κ2) is 8.70. The second-order valence-electron chi connectivity index (χ2n) is 4.74. The predicted octanol–water partition coefficient (Wildman–Crippen LogP) is 2.47. The Morgan fingerprint density at radius 3 is 2.32 bits per heavy atom. The molecule has 1 N–H and O–H groups in total. The molecule has 0 aliphatic rings. The van der Waals surface area contributed by atoms with Crippen molar-refractivity contribution in [3.8, 4) is 0 Å². The molecule has 0 spiro atoms. The van der Waals surface area contributed by atoms with Gasteiger partial charge in [0.25, 0.3) is 0 Å². The molecule has 0 bridgehead atoms. The van der Waals surface area contributed by atoms with E-state index in [4.69, 9.17) is 0 Å². The van der Waals surface area contributed by atoms with Crippen LogP contribution in [0.2, 0.25) is 0 Å². The summed E-state index contributed by atoms with van der Waals surface area (Å²) in [7, 11) is 0. The highest BCUT2D eigenvalue weighted by Gasteiger charge is 2.12. The van der Waals surface area contributed by atoms with Crippen molar-refractivity contribution >= 4 is 5.91 Å². The van der Waals surface area contributed by atoms with Gasteiger partial charge >= 0.3 is 0 Å². The first-order valence-corrected chi connectivity index (χ1v) is 7.26. The van der Waals surface area contributed by atoms with Crippen molar-refractivity contribution in [2.75, 3.05) is 19.6 Å². The third-order valence-corrected chi connectivity index (χ3v) is 3.48. The number of hydrogen-bond donors (Lipinski definition) is 1. The third kappa shape index (κ3) is 5.43. The van der Waals surface area contributed by atoms with Crippen molar-refractivity contribution in [1.82, 2.24) is 10.2 Å². The van der Waals surface area contributed by atoms with Crippen LogP contribution in [0.15, 0.2) is 30.3 Å². The summed E-state index contributed by atoms with van der Waals surface area (Å²) in [4.78, 5) is 13.8. The smallest absolute Gasteiger partial charge is 0.236 e. The molecule has 1 aromatic carbocycles. The van der Waals surface area contributed by atoms with E-state index < -0.39 is 0 Å². The highest BCUT2D eigenvalue weighted by atomic mass is 16.2. The van der Waals surface area contributed by atoms with Crippen LogP contribution >= 0.6 is 0 Å². The monoisotopic (exact) mass is 262 g/mol. The summed E-state index contributed by atoms with van der Waals surface area (Å²) in [6.07, 6.45) is 2.00.